The Kier molecular flexibility index (Phi) is 5.77. The van der Waals surface area contributed by atoms with E-state index in [1.165, 1.54) is 0 Å². The maximum absolute atomic E-state index is 13.2. The maximum atomic E-state index is 13.2. The third-order valence-corrected chi connectivity index (χ3v) is 5.37. The van der Waals surface area contributed by atoms with Gasteiger partial charge < -0.3 is 9.64 Å². The minimum Gasteiger partial charge on any atom is -0.349 e. The zero-order valence-corrected chi connectivity index (χ0v) is 17.2. The lowest BCUT2D eigenvalue weighted by atomic mass is 10.0. The molecule has 0 bridgehead atoms. The van der Waals surface area contributed by atoms with Crippen LogP contribution in [0.25, 0.3) is 5.69 Å². The molecule has 6 nitrogen and oxygen atoms in total. The van der Waals surface area contributed by atoms with Gasteiger partial charge in [-0.3, -0.25) is 9.59 Å². The van der Waals surface area contributed by atoms with Crippen molar-refractivity contribution in [2.24, 2.45) is 0 Å². The minimum atomic E-state index is -0.828. The highest BCUT2D eigenvalue weighted by Crippen LogP contribution is 2.22. The zero-order chi connectivity index (χ0) is 21.1. The first-order valence-electron chi connectivity index (χ1n) is 10.1. The first kappa shape index (κ1) is 20.0. The van der Waals surface area contributed by atoms with Crippen LogP contribution in [-0.2, 0) is 27.2 Å². The summed E-state index contributed by atoms with van der Waals surface area (Å²) in [5, 5.41) is 4.52. The van der Waals surface area contributed by atoms with Crippen LogP contribution in [0.4, 0.5) is 0 Å². The quantitative estimate of drug-likeness (QED) is 0.594. The molecule has 30 heavy (non-hydrogen) atoms. The summed E-state index contributed by atoms with van der Waals surface area (Å²) in [6, 6.07) is 19.6. The molecule has 1 saturated heterocycles. The van der Waals surface area contributed by atoms with Crippen LogP contribution in [0.1, 0.15) is 22.5 Å². The average Bonchev–Trinajstić information content (AvgIpc) is 3.31. The standard InChI is InChI=1S/C24H25N3O3/c1-17-11-18(2)27(25-17)21-10-6-9-20(13-21)14-23(29)26-22(16-30-24(26)15-28)12-19-7-4-3-5-8-19/h3-11,13,15,22,24H,12,14,16H2,1-2H3/t22-,24?/m0/s1. The number of carbonyl (C=O) groups excluding carboxylic acids is 2. The van der Waals surface area contributed by atoms with Gasteiger partial charge in [0.15, 0.2) is 12.5 Å². The number of aryl methyl sites for hydroxylation is 2. The number of aromatic nitrogens is 2. The molecule has 1 fully saturated rings. The Bertz CT molecular complexity index is 1040. The Hall–Kier alpha value is -3.25. The lowest BCUT2D eigenvalue weighted by Gasteiger charge is -2.26. The first-order chi connectivity index (χ1) is 14.5. The van der Waals surface area contributed by atoms with E-state index in [0.29, 0.717) is 19.3 Å². The summed E-state index contributed by atoms with van der Waals surface area (Å²) in [6.07, 6.45) is 0.731. The van der Waals surface area contributed by atoms with E-state index in [4.69, 9.17) is 4.74 Å². The summed E-state index contributed by atoms with van der Waals surface area (Å²) in [5.41, 5.74) is 4.88. The van der Waals surface area contributed by atoms with E-state index in [2.05, 4.69) is 5.10 Å². The molecule has 2 atom stereocenters. The SMILES string of the molecule is Cc1cc(C)n(-c2cccc(CC(=O)N3C(C=O)OC[C@@H]3Cc3ccccc3)c2)n1. The molecule has 0 saturated carbocycles. The van der Waals surface area contributed by atoms with Crippen molar-refractivity contribution in [2.75, 3.05) is 6.61 Å². The monoisotopic (exact) mass is 403 g/mol. The smallest absolute Gasteiger partial charge is 0.229 e. The number of hydrogen-bond acceptors (Lipinski definition) is 4. The number of rotatable bonds is 6. The molecule has 0 N–H and O–H groups in total. The molecular weight excluding hydrogens is 378 g/mol. The van der Waals surface area contributed by atoms with Crippen LogP contribution < -0.4 is 0 Å². The molecule has 1 aliphatic heterocycles. The summed E-state index contributed by atoms with van der Waals surface area (Å²) in [6.45, 7) is 4.31. The summed E-state index contributed by atoms with van der Waals surface area (Å²) in [4.78, 5) is 26.3. The van der Waals surface area contributed by atoms with Gasteiger partial charge in [-0.2, -0.15) is 5.10 Å². The van der Waals surface area contributed by atoms with E-state index in [1.807, 2.05) is 79.2 Å². The van der Waals surface area contributed by atoms with Crippen LogP contribution in [0.3, 0.4) is 0 Å². The molecule has 2 heterocycles. The fraction of sp³-hybridized carbons (Fsp3) is 0.292. The van der Waals surface area contributed by atoms with E-state index in [9.17, 15) is 9.59 Å². The van der Waals surface area contributed by atoms with E-state index in [-0.39, 0.29) is 18.4 Å². The van der Waals surface area contributed by atoms with Crippen molar-refractivity contribution in [2.45, 2.75) is 39.0 Å². The van der Waals surface area contributed by atoms with E-state index in [1.54, 1.807) is 4.90 Å². The van der Waals surface area contributed by atoms with Crippen molar-refractivity contribution < 1.29 is 14.3 Å². The van der Waals surface area contributed by atoms with Gasteiger partial charge in [0.2, 0.25) is 5.91 Å². The van der Waals surface area contributed by atoms with Gasteiger partial charge in [-0.15, -0.1) is 0 Å². The Morgan fingerprint density at radius 3 is 2.57 bits per heavy atom. The van der Waals surface area contributed by atoms with Crippen molar-refractivity contribution in [1.29, 1.82) is 0 Å². The highest BCUT2D eigenvalue weighted by atomic mass is 16.5. The van der Waals surface area contributed by atoms with Crippen LogP contribution in [0.2, 0.25) is 0 Å². The van der Waals surface area contributed by atoms with E-state index in [0.717, 1.165) is 28.2 Å². The number of carbonyl (C=O) groups is 2. The Morgan fingerprint density at radius 1 is 1.10 bits per heavy atom. The summed E-state index contributed by atoms with van der Waals surface area (Å²) < 4.78 is 7.46. The number of benzene rings is 2. The second kappa shape index (κ2) is 8.63. The normalized spacial score (nSPS) is 18.5. The molecule has 4 rings (SSSR count). The van der Waals surface area contributed by atoms with Crippen LogP contribution >= 0.6 is 0 Å². The Morgan fingerprint density at radius 2 is 1.87 bits per heavy atom. The molecular formula is C24H25N3O3. The van der Waals surface area contributed by atoms with Gasteiger partial charge in [-0.1, -0.05) is 42.5 Å². The second-order valence-electron chi connectivity index (χ2n) is 7.69. The minimum absolute atomic E-state index is 0.115. The first-order valence-corrected chi connectivity index (χ1v) is 10.1. The Labute approximate surface area is 176 Å². The molecule has 2 aromatic carbocycles. The molecule has 1 aromatic heterocycles. The lowest BCUT2D eigenvalue weighted by molar-refractivity contribution is -0.141. The van der Waals surface area contributed by atoms with Crippen LogP contribution in [-0.4, -0.2) is 45.8 Å². The fourth-order valence-corrected chi connectivity index (χ4v) is 4.03. The zero-order valence-electron chi connectivity index (χ0n) is 17.2. The molecule has 0 spiro atoms. The topological polar surface area (TPSA) is 64.4 Å². The van der Waals surface area contributed by atoms with Crippen molar-refractivity contribution in [3.05, 3.63) is 83.2 Å². The second-order valence-corrected chi connectivity index (χ2v) is 7.69. The van der Waals surface area contributed by atoms with Crippen molar-refractivity contribution in [3.63, 3.8) is 0 Å². The largest absolute Gasteiger partial charge is 0.349 e. The van der Waals surface area contributed by atoms with Gasteiger partial charge in [0.25, 0.3) is 0 Å². The third-order valence-electron chi connectivity index (χ3n) is 5.37. The van der Waals surface area contributed by atoms with E-state index < -0.39 is 6.23 Å². The molecule has 154 valence electrons. The van der Waals surface area contributed by atoms with Gasteiger partial charge in [0.1, 0.15) is 0 Å². The van der Waals surface area contributed by atoms with Gasteiger partial charge >= 0.3 is 0 Å². The number of nitrogens with zero attached hydrogens (tertiary/aromatic N) is 3. The van der Waals surface area contributed by atoms with Crippen molar-refractivity contribution in [1.82, 2.24) is 14.7 Å². The maximum Gasteiger partial charge on any atom is 0.229 e. The number of ether oxygens (including phenoxy) is 1. The molecule has 1 amide bonds. The van der Waals surface area contributed by atoms with Crippen LogP contribution in [0.5, 0.6) is 0 Å². The lowest BCUT2D eigenvalue weighted by Crippen LogP contribution is -2.44. The summed E-state index contributed by atoms with van der Waals surface area (Å²) >= 11 is 0. The predicted octanol–water partition coefficient (Wildman–Crippen LogP) is 3.03. The summed E-state index contributed by atoms with van der Waals surface area (Å²) in [5.74, 6) is -0.115. The number of amides is 1. The van der Waals surface area contributed by atoms with Crippen LogP contribution in [0.15, 0.2) is 60.7 Å². The number of hydrogen-bond donors (Lipinski definition) is 0. The molecule has 0 radical (unpaired) electrons. The van der Waals surface area contributed by atoms with E-state index >= 15 is 0 Å². The van der Waals surface area contributed by atoms with Gasteiger partial charge in [-0.05, 0) is 49.6 Å². The fourth-order valence-electron chi connectivity index (χ4n) is 4.03. The van der Waals surface area contributed by atoms with Crippen LogP contribution in [0, 0.1) is 13.8 Å². The highest BCUT2D eigenvalue weighted by Gasteiger charge is 2.37. The van der Waals surface area contributed by atoms with Crippen molar-refractivity contribution >= 4 is 12.2 Å². The summed E-state index contributed by atoms with van der Waals surface area (Å²) in [7, 11) is 0. The third kappa shape index (κ3) is 4.19. The Balaban J connectivity index is 1.53. The molecule has 6 heteroatoms. The molecule has 3 aromatic rings. The van der Waals surface area contributed by atoms with Crippen molar-refractivity contribution in [3.8, 4) is 5.69 Å². The highest BCUT2D eigenvalue weighted by molar-refractivity contribution is 5.82. The van der Waals surface area contributed by atoms with Gasteiger partial charge in [-0.25, -0.2) is 4.68 Å². The molecule has 1 unspecified atom stereocenters. The van der Waals surface area contributed by atoms with Gasteiger partial charge in [0, 0.05) is 5.69 Å². The predicted molar refractivity (Wildman–Crippen MR) is 113 cm³/mol. The van der Waals surface area contributed by atoms with Gasteiger partial charge in [0.05, 0.1) is 30.5 Å². The average molecular weight is 403 g/mol. The molecule has 1 aliphatic rings. The molecule has 0 aliphatic carbocycles. The number of aldehydes is 1.